The topological polar surface area (TPSA) is 80.0 Å². The zero-order valence-electron chi connectivity index (χ0n) is 13.7. The van der Waals surface area contributed by atoms with Gasteiger partial charge >= 0.3 is 0 Å². The molecule has 1 amide bonds. The summed E-state index contributed by atoms with van der Waals surface area (Å²) in [5, 5.41) is 14.9. The Labute approximate surface area is 154 Å². The molecule has 0 fully saturated rings. The van der Waals surface area contributed by atoms with Gasteiger partial charge in [-0.05, 0) is 24.6 Å². The van der Waals surface area contributed by atoms with Crippen LogP contribution in [-0.4, -0.2) is 21.9 Å². The SMILES string of the molecule is Cc1ccc(CNC(=O)CSc2nnc(NCc3ccco3)s2)cc1. The summed E-state index contributed by atoms with van der Waals surface area (Å²) < 4.78 is 6.00. The highest BCUT2D eigenvalue weighted by molar-refractivity contribution is 8.01. The van der Waals surface area contributed by atoms with Gasteiger partial charge in [-0.1, -0.05) is 52.9 Å². The molecular weight excluding hydrogens is 356 g/mol. The first-order valence-electron chi connectivity index (χ1n) is 7.74. The average Bonchev–Trinajstić information content (AvgIpc) is 3.29. The molecule has 0 aliphatic carbocycles. The Morgan fingerprint density at radius 1 is 1.20 bits per heavy atom. The second-order valence-electron chi connectivity index (χ2n) is 5.36. The number of furan rings is 1. The summed E-state index contributed by atoms with van der Waals surface area (Å²) in [5.41, 5.74) is 2.29. The molecule has 0 bridgehead atoms. The summed E-state index contributed by atoms with van der Waals surface area (Å²) in [7, 11) is 0. The molecule has 0 unspecified atom stereocenters. The zero-order chi connectivity index (χ0) is 17.5. The van der Waals surface area contributed by atoms with E-state index in [9.17, 15) is 4.79 Å². The van der Waals surface area contributed by atoms with Crippen LogP contribution in [0.25, 0.3) is 0 Å². The molecule has 1 aromatic carbocycles. The van der Waals surface area contributed by atoms with Crippen LogP contribution in [-0.2, 0) is 17.9 Å². The minimum atomic E-state index is -0.0223. The van der Waals surface area contributed by atoms with Crippen molar-refractivity contribution in [3.63, 3.8) is 0 Å². The summed E-state index contributed by atoms with van der Waals surface area (Å²) in [5.74, 6) is 1.13. The van der Waals surface area contributed by atoms with Gasteiger partial charge in [0.15, 0.2) is 4.34 Å². The van der Waals surface area contributed by atoms with Crippen molar-refractivity contribution in [2.75, 3.05) is 11.1 Å². The van der Waals surface area contributed by atoms with E-state index in [4.69, 9.17) is 4.42 Å². The number of aromatic nitrogens is 2. The molecule has 0 saturated carbocycles. The second kappa shape index (κ2) is 8.68. The number of nitrogens with one attached hydrogen (secondary N) is 2. The largest absolute Gasteiger partial charge is 0.467 e. The highest BCUT2D eigenvalue weighted by Crippen LogP contribution is 2.25. The number of hydrogen-bond acceptors (Lipinski definition) is 7. The molecule has 3 rings (SSSR count). The van der Waals surface area contributed by atoms with Crippen LogP contribution in [0.3, 0.4) is 0 Å². The number of thioether (sulfide) groups is 1. The fourth-order valence-electron chi connectivity index (χ4n) is 2.00. The predicted molar refractivity (Wildman–Crippen MR) is 99.7 cm³/mol. The number of nitrogens with zero attached hydrogens (tertiary/aromatic N) is 2. The van der Waals surface area contributed by atoms with E-state index in [1.165, 1.54) is 28.7 Å². The normalized spacial score (nSPS) is 10.6. The van der Waals surface area contributed by atoms with Crippen LogP contribution in [0.4, 0.5) is 5.13 Å². The standard InChI is InChI=1S/C17H18N4O2S2/c1-12-4-6-13(7-5-12)9-18-15(22)11-24-17-21-20-16(25-17)19-10-14-3-2-8-23-14/h2-8H,9-11H2,1H3,(H,18,22)(H,19,20). The molecule has 2 aromatic heterocycles. The molecule has 8 heteroatoms. The number of carbonyl (C=O) groups is 1. The van der Waals surface area contributed by atoms with Crippen LogP contribution >= 0.6 is 23.1 Å². The fraction of sp³-hybridized carbons (Fsp3) is 0.235. The van der Waals surface area contributed by atoms with Crippen molar-refractivity contribution < 1.29 is 9.21 Å². The second-order valence-corrected chi connectivity index (χ2v) is 7.56. The minimum Gasteiger partial charge on any atom is -0.467 e. The smallest absolute Gasteiger partial charge is 0.230 e. The first-order valence-corrected chi connectivity index (χ1v) is 9.54. The molecule has 3 aromatic rings. The van der Waals surface area contributed by atoms with Gasteiger partial charge in [0.2, 0.25) is 11.0 Å². The van der Waals surface area contributed by atoms with Gasteiger partial charge in [0, 0.05) is 6.54 Å². The number of carbonyl (C=O) groups excluding carboxylic acids is 1. The molecule has 0 saturated heterocycles. The van der Waals surface area contributed by atoms with Crippen molar-refractivity contribution in [3.05, 3.63) is 59.5 Å². The molecule has 0 radical (unpaired) electrons. The van der Waals surface area contributed by atoms with Crippen LogP contribution in [0, 0.1) is 6.92 Å². The van der Waals surface area contributed by atoms with E-state index in [0.717, 1.165) is 15.7 Å². The van der Waals surface area contributed by atoms with Crippen molar-refractivity contribution in [1.29, 1.82) is 0 Å². The van der Waals surface area contributed by atoms with Gasteiger partial charge in [-0.25, -0.2) is 0 Å². The maximum atomic E-state index is 11.9. The molecule has 130 valence electrons. The van der Waals surface area contributed by atoms with Gasteiger partial charge in [-0.2, -0.15) is 0 Å². The first-order chi connectivity index (χ1) is 12.2. The van der Waals surface area contributed by atoms with Crippen molar-refractivity contribution in [2.45, 2.75) is 24.4 Å². The van der Waals surface area contributed by atoms with Crippen LogP contribution in [0.5, 0.6) is 0 Å². The van der Waals surface area contributed by atoms with Gasteiger partial charge < -0.3 is 15.1 Å². The number of hydrogen-bond donors (Lipinski definition) is 2. The first kappa shape index (κ1) is 17.5. The molecule has 0 atom stereocenters. The summed E-state index contributed by atoms with van der Waals surface area (Å²) in [6.07, 6.45) is 1.63. The lowest BCUT2D eigenvalue weighted by molar-refractivity contribution is -0.118. The van der Waals surface area contributed by atoms with E-state index >= 15 is 0 Å². The Balaban J connectivity index is 1.39. The molecule has 2 heterocycles. The van der Waals surface area contributed by atoms with Crippen LogP contribution in [0.15, 0.2) is 51.4 Å². The van der Waals surface area contributed by atoms with Crippen LogP contribution < -0.4 is 10.6 Å². The van der Waals surface area contributed by atoms with Gasteiger partial charge in [0.05, 0.1) is 18.6 Å². The molecule has 0 spiro atoms. The monoisotopic (exact) mass is 374 g/mol. The fourth-order valence-corrected chi connectivity index (χ4v) is 3.58. The van der Waals surface area contributed by atoms with Gasteiger partial charge in [0.1, 0.15) is 5.76 Å². The molecule has 25 heavy (non-hydrogen) atoms. The molecule has 2 N–H and O–H groups in total. The molecular formula is C17H18N4O2S2. The van der Waals surface area contributed by atoms with Crippen molar-refractivity contribution in [2.24, 2.45) is 0 Å². The quantitative estimate of drug-likeness (QED) is 0.588. The Morgan fingerprint density at radius 2 is 2.04 bits per heavy atom. The van der Waals surface area contributed by atoms with E-state index in [-0.39, 0.29) is 5.91 Å². The zero-order valence-corrected chi connectivity index (χ0v) is 15.3. The lowest BCUT2D eigenvalue weighted by atomic mass is 10.1. The minimum absolute atomic E-state index is 0.0223. The van der Waals surface area contributed by atoms with E-state index in [0.29, 0.717) is 24.0 Å². The van der Waals surface area contributed by atoms with Crippen molar-refractivity contribution >= 4 is 34.1 Å². The summed E-state index contributed by atoms with van der Waals surface area (Å²) in [4.78, 5) is 11.9. The van der Waals surface area contributed by atoms with Crippen molar-refractivity contribution in [3.8, 4) is 0 Å². The van der Waals surface area contributed by atoms with E-state index in [2.05, 4.69) is 20.8 Å². The van der Waals surface area contributed by atoms with E-state index in [1.54, 1.807) is 6.26 Å². The Kier molecular flexibility index (Phi) is 6.08. The lowest BCUT2D eigenvalue weighted by Crippen LogP contribution is -2.24. The van der Waals surface area contributed by atoms with Gasteiger partial charge in [0.25, 0.3) is 0 Å². The number of rotatable bonds is 8. The lowest BCUT2D eigenvalue weighted by Gasteiger charge is -2.04. The van der Waals surface area contributed by atoms with E-state index < -0.39 is 0 Å². The Morgan fingerprint density at radius 3 is 2.80 bits per heavy atom. The third-order valence-electron chi connectivity index (χ3n) is 3.34. The van der Waals surface area contributed by atoms with Gasteiger partial charge in [-0.15, -0.1) is 10.2 Å². The van der Waals surface area contributed by atoms with Gasteiger partial charge in [-0.3, -0.25) is 4.79 Å². The van der Waals surface area contributed by atoms with Crippen molar-refractivity contribution in [1.82, 2.24) is 15.5 Å². The number of benzene rings is 1. The highest BCUT2D eigenvalue weighted by Gasteiger charge is 2.08. The summed E-state index contributed by atoms with van der Waals surface area (Å²) >= 11 is 2.80. The number of aryl methyl sites for hydroxylation is 1. The summed E-state index contributed by atoms with van der Waals surface area (Å²) in [6, 6.07) is 11.8. The predicted octanol–water partition coefficient (Wildman–Crippen LogP) is 3.46. The van der Waals surface area contributed by atoms with Crippen LogP contribution in [0.2, 0.25) is 0 Å². The molecule has 0 aliphatic heterocycles. The maximum Gasteiger partial charge on any atom is 0.230 e. The van der Waals surface area contributed by atoms with E-state index in [1.807, 2.05) is 43.3 Å². The Hall–Kier alpha value is -2.32. The Bertz CT molecular complexity index is 800. The highest BCUT2D eigenvalue weighted by atomic mass is 32.2. The average molecular weight is 374 g/mol. The summed E-state index contributed by atoms with van der Waals surface area (Å²) in [6.45, 7) is 3.13. The number of anilines is 1. The third-order valence-corrected chi connectivity index (χ3v) is 5.35. The molecule has 6 nitrogen and oxygen atoms in total. The third kappa shape index (κ3) is 5.61. The number of amides is 1. The van der Waals surface area contributed by atoms with Crippen LogP contribution in [0.1, 0.15) is 16.9 Å². The maximum absolute atomic E-state index is 11.9. The molecule has 0 aliphatic rings.